The van der Waals surface area contributed by atoms with Gasteiger partial charge < -0.3 is 4.74 Å². The second-order valence-corrected chi connectivity index (χ2v) is 7.37. The first kappa shape index (κ1) is 17.0. The van der Waals surface area contributed by atoms with Crippen molar-refractivity contribution in [3.05, 3.63) is 114 Å². The number of ether oxygens (including phenoxy) is 1. The highest BCUT2D eigenvalue weighted by Gasteiger charge is 2.30. The van der Waals surface area contributed by atoms with Crippen LogP contribution in [0.15, 0.2) is 97.1 Å². The van der Waals surface area contributed by atoms with Gasteiger partial charge in [0, 0.05) is 24.4 Å². The smallest absolute Gasteiger partial charge is 0.151 e. The number of hydrogen-bond donors (Lipinski definition) is 1. The van der Waals surface area contributed by atoms with Gasteiger partial charge in [0.2, 0.25) is 0 Å². The lowest BCUT2D eigenvalue weighted by Gasteiger charge is -2.34. The summed E-state index contributed by atoms with van der Waals surface area (Å²) in [6.07, 6.45) is 0.900. The van der Waals surface area contributed by atoms with Crippen molar-refractivity contribution in [3.8, 4) is 5.75 Å². The van der Waals surface area contributed by atoms with Crippen LogP contribution in [0, 0.1) is 0 Å². The lowest BCUT2D eigenvalue weighted by atomic mass is 9.83. The standard InChI is InChI=1S/C26H23NO/c1-3-9-19(10-4-1)18-27-25-17-23(20-11-5-2-6-12-20)26-22-14-8-7-13-21(22)15-16-24(26)28-25/h1-16,23,25,27H,17-18H2/t23-,25-/m0/s1. The number of nitrogens with one attached hydrogen (secondary N) is 1. The van der Waals surface area contributed by atoms with E-state index in [9.17, 15) is 0 Å². The van der Waals surface area contributed by atoms with Crippen LogP contribution in [0.5, 0.6) is 5.75 Å². The summed E-state index contributed by atoms with van der Waals surface area (Å²) in [5.74, 6) is 1.30. The number of rotatable bonds is 4. The van der Waals surface area contributed by atoms with Crippen molar-refractivity contribution in [3.63, 3.8) is 0 Å². The Morgan fingerprint density at radius 2 is 1.46 bits per heavy atom. The van der Waals surface area contributed by atoms with Crippen molar-refractivity contribution < 1.29 is 4.74 Å². The van der Waals surface area contributed by atoms with Gasteiger partial charge in [0.25, 0.3) is 0 Å². The third kappa shape index (κ3) is 3.28. The molecule has 0 spiro atoms. The Kier molecular flexibility index (Phi) is 4.56. The second kappa shape index (κ2) is 7.49. The van der Waals surface area contributed by atoms with E-state index < -0.39 is 0 Å². The molecule has 2 nitrogen and oxygen atoms in total. The number of fused-ring (bicyclic) bond motifs is 3. The molecule has 0 saturated heterocycles. The van der Waals surface area contributed by atoms with Crippen LogP contribution < -0.4 is 10.1 Å². The minimum absolute atomic E-state index is 0.0147. The van der Waals surface area contributed by atoms with Gasteiger partial charge in [-0.3, -0.25) is 5.32 Å². The maximum atomic E-state index is 6.40. The highest BCUT2D eigenvalue weighted by molar-refractivity contribution is 5.89. The normalized spacial score (nSPS) is 18.4. The summed E-state index contributed by atoms with van der Waals surface area (Å²) in [5, 5.41) is 6.16. The van der Waals surface area contributed by atoms with Crippen LogP contribution in [-0.4, -0.2) is 6.23 Å². The monoisotopic (exact) mass is 365 g/mol. The van der Waals surface area contributed by atoms with Crippen molar-refractivity contribution >= 4 is 10.8 Å². The van der Waals surface area contributed by atoms with Gasteiger partial charge in [0.1, 0.15) is 5.75 Å². The van der Waals surface area contributed by atoms with Crippen LogP contribution in [0.25, 0.3) is 10.8 Å². The number of hydrogen-bond acceptors (Lipinski definition) is 2. The van der Waals surface area contributed by atoms with Crippen LogP contribution in [-0.2, 0) is 6.54 Å². The van der Waals surface area contributed by atoms with E-state index in [1.54, 1.807) is 0 Å². The maximum absolute atomic E-state index is 6.40. The van der Waals surface area contributed by atoms with Crippen molar-refractivity contribution in [2.45, 2.75) is 25.1 Å². The third-order valence-corrected chi connectivity index (χ3v) is 5.58. The van der Waals surface area contributed by atoms with Crippen LogP contribution in [0.2, 0.25) is 0 Å². The highest BCUT2D eigenvalue weighted by atomic mass is 16.5. The first-order valence-electron chi connectivity index (χ1n) is 9.89. The van der Waals surface area contributed by atoms with Crippen LogP contribution in [0.3, 0.4) is 0 Å². The summed E-state index contributed by atoms with van der Waals surface area (Å²) >= 11 is 0. The first-order valence-corrected chi connectivity index (χ1v) is 9.89. The van der Waals surface area contributed by atoms with Gasteiger partial charge in [-0.2, -0.15) is 0 Å². The molecular weight excluding hydrogens is 342 g/mol. The second-order valence-electron chi connectivity index (χ2n) is 7.37. The molecule has 2 atom stereocenters. The van der Waals surface area contributed by atoms with E-state index in [-0.39, 0.29) is 6.23 Å². The molecule has 0 unspecified atom stereocenters. The lowest BCUT2D eigenvalue weighted by Crippen LogP contribution is -2.38. The van der Waals surface area contributed by atoms with Crippen LogP contribution in [0.1, 0.15) is 29.0 Å². The van der Waals surface area contributed by atoms with Crippen molar-refractivity contribution in [2.75, 3.05) is 0 Å². The van der Waals surface area contributed by atoms with Gasteiger partial charge in [0.15, 0.2) is 6.23 Å². The molecular formula is C26H23NO. The minimum atomic E-state index is -0.0147. The lowest BCUT2D eigenvalue weighted by molar-refractivity contribution is 0.129. The summed E-state index contributed by atoms with van der Waals surface area (Å²) < 4.78 is 6.40. The van der Waals surface area contributed by atoms with Gasteiger partial charge in [-0.1, -0.05) is 91.0 Å². The van der Waals surface area contributed by atoms with E-state index >= 15 is 0 Å². The van der Waals surface area contributed by atoms with Gasteiger partial charge in [-0.15, -0.1) is 0 Å². The molecule has 0 radical (unpaired) electrons. The molecule has 1 aliphatic rings. The molecule has 0 bridgehead atoms. The first-order chi connectivity index (χ1) is 13.9. The average molecular weight is 365 g/mol. The van der Waals surface area contributed by atoms with E-state index in [2.05, 4.69) is 96.3 Å². The van der Waals surface area contributed by atoms with Gasteiger partial charge in [0.05, 0.1) is 0 Å². The molecule has 4 aromatic carbocycles. The Morgan fingerprint density at radius 3 is 2.29 bits per heavy atom. The van der Waals surface area contributed by atoms with Crippen molar-refractivity contribution in [1.82, 2.24) is 5.32 Å². The fraction of sp³-hybridized carbons (Fsp3) is 0.154. The molecule has 28 heavy (non-hydrogen) atoms. The molecule has 5 rings (SSSR count). The fourth-order valence-corrected chi connectivity index (χ4v) is 4.21. The van der Waals surface area contributed by atoms with E-state index in [0.29, 0.717) is 5.92 Å². The zero-order valence-electron chi connectivity index (χ0n) is 15.7. The molecule has 4 aromatic rings. The fourth-order valence-electron chi connectivity index (χ4n) is 4.21. The Labute approximate surface area is 165 Å². The molecule has 138 valence electrons. The van der Waals surface area contributed by atoms with Gasteiger partial charge >= 0.3 is 0 Å². The molecule has 0 fully saturated rings. The summed E-state index contributed by atoms with van der Waals surface area (Å²) in [6, 6.07) is 34.2. The Hall–Kier alpha value is -3.10. The average Bonchev–Trinajstić information content (AvgIpc) is 2.78. The molecule has 0 amide bonds. The Balaban J connectivity index is 1.52. The summed E-state index contributed by atoms with van der Waals surface area (Å²) in [6.45, 7) is 0.802. The Morgan fingerprint density at radius 1 is 0.750 bits per heavy atom. The van der Waals surface area contributed by atoms with Crippen molar-refractivity contribution in [1.29, 1.82) is 0 Å². The van der Waals surface area contributed by atoms with Gasteiger partial charge in [-0.25, -0.2) is 0 Å². The van der Waals surface area contributed by atoms with Gasteiger partial charge in [-0.05, 0) is 28.0 Å². The maximum Gasteiger partial charge on any atom is 0.151 e. The molecule has 0 aliphatic carbocycles. The van der Waals surface area contributed by atoms with Crippen LogP contribution >= 0.6 is 0 Å². The minimum Gasteiger partial charge on any atom is -0.475 e. The molecule has 1 aliphatic heterocycles. The SMILES string of the molecule is c1ccc(CN[C@@H]2C[C@@H](c3ccccc3)c3c(ccc4ccccc34)O2)cc1. The summed E-state index contributed by atoms with van der Waals surface area (Å²) in [5.41, 5.74) is 3.92. The van der Waals surface area contributed by atoms with Crippen molar-refractivity contribution in [2.24, 2.45) is 0 Å². The predicted octanol–water partition coefficient (Wildman–Crippen LogP) is 5.87. The Bertz CT molecular complexity index is 1080. The molecule has 1 N–H and O–H groups in total. The quantitative estimate of drug-likeness (QED) is 0.488. The highest BCUT2D eigenvalue weighted by Crippen LogP contribution is 2.43. The number of benzene rings is 4. The van der Waals surface area contributed by atoms with E-state index in [1.165, 1.54) is 27.5 Å². The molecule has 0 aromatic heterocycles. The summed E-state index contributed by atoms with van der Waals surface area (Å²) in [4.78, 5) is 0. The summed E-state index contributed by atoms with van der Waals surface area (Å²) in [7, 11) is 0. The molecule has 2 heteroatoms. The largest absolute Gasteiger partial charge is 0.475 e. The van der Waals surface area contributed by atoms with E-state index in [4.69, 9.17) is 4.74 Å². The molecule has 0 saturated carbocycles. The van der Waals surface area contributed by atoms with E-state index in [1.807, 2.05) is 6.07 Å². The van der Waals surface area contributed by atoms with E-state index in [0.717, 1.165) is 18.7 Å². The molecule has 1 heterocycles. The topological polar surface area (TPSA) is 21.3 Å². The predicted molar refractivity (Wildman–Crippen MR) is 115 cm³/mol. The third-order valence-electron chi connectivity index (χ3n) is 5.58. The zero-order chi connectivity index (χ0) is 18.8. The van der Waals surface area contributed by atoms with Crippen LogP contribution in [0.4, 0.5) is 0 Å². The zero-order valence-corrected chi connectivity index (χ0v) is 15.7.